The van der Waals surface area contributed by atoms with E-state index in [1.165, 1.54) is 0 Å². The fourth-order valence-corrected chi connectivity index (χ4v) is 4.08. The van der Waals surface area contributed by atoms with Crippen molar-refractivity contribution in [2.75, 3.05) is 0 Å². The van der Waals surface area contributed by atoms with E-state index in [4.69, 9.17) is 9.72 Å². The largest absolute Gasteiger partial charge is 0.477 e. The summed E-state index contributed by atoms with van der Waals surface area (Å²) in [5.41, 5.74) is 3.83. The summed E-state index contributed by atoms with van der Waals surface area (Å²) in [5.74, 6) is 0.637. The summed E-state index contributed by atoms with van der Waals surface area (Å²) in [6.45, 7) is 3.57. The minimum Gasteiger partial charge on any atom is -0.477 e. The van der Waals surface area contributed by atoms with Crippen molar-refractivity contribution in [2.24, 2.45) is 0 Å². The van der Waals surface area contributed by atoms with E-state index in [0.29, 0.717) is 5.75 Å². The number of para-hydroxylation sites is 2. The monoisotopic (exact) mass is 373 g/mol. The number of carbonyl (C=O) groups is 1. The summed E-state index contributed by atoms with van der Waals surface area (Å²) in [6.07, 6.45) is -0.638. The van der Waals surface area contributed by atoms with Gasteiger partial charge in [0.1, 0.15) is 10.8 Å². The van der Waals surface area contributed by atoms with Crippen molar-refractivity contribution in [1.82, 2.24) is 4.98 Å². The summed E-state index contributed by atoms with van der Waals surface area (Å²) < 4.78 is 7.34. The molecule has 0 aliphatic heterocycles. The molecule has 0 radical (unpaired) electrons. The Kier molecular flexibility index (Phi) is 4.73. The van der Waals surface area contributed by atoms with Crippen molar-refractivity contribution in [1.29, 1.82) is 0 Å². The van der Waals surface area contributed by atoms with E-state index in [1.807, 2.05) is 73.7 Å². The van der Waals surface area contributed by atoms with E-state index < -0.39 is 6.10 Å². The second-order valence-corrected chi connectivity index (χ2v) is 7.54. The van der Waals surface area contributed by atoms with Gasteiger partial charge in [-0.25, -0.2) is 4.98 Å². The first kappa shape index (κ1) is 17.4. The van der Waals surface area contributed by atoms with Crippen molar-refractivity contribution < 1.29 is 9.53 Å². The average Bonchev–Trinajstić information content (AvgIpc) is 3.10. The summed E-state index contributed by atoms with van der Waals surface area (Å²) in [5, 5.41) is 0.887. The molecule has 0 saturated carbocycles. The number of carbonyl (C=O) groups excluding carboxylic acids is 1. The lowest BCUT2D eigenvalue weighted by atomic mass is 10.0. The van der Waals surface area contributed by atoms with Gasteiger partial charge in [0.05, 0.1) is 15.8 Å². The SMILES string of the molecule is CC(=O)C(Oc1ccccc1-c1nc2ccccc2s1)c1cccc(C)c1. The molecule has 0 aliphatic rings. The highest BCUT2D eigenvalue weighted by Crippen LogP contribution is 2.37. The van der Waals surface area contributed by atoms with Crippen LogP contribution in [0.3, 0.4) is 0 Å². The quantitative estimate of drug-likeness (QED) is 0.432. The van der Waals surface area contributed by atoms with Crippen LogP contribution in [0.15, 0.2) is 72.8 Å². The maximum atomic E-state index is 12.3. The number of ether oxygens (including phenoxy) is 1. The lowest BCUT2D eigenvalue weighted by Gasteiger charge is -2.19. The van der Waals surface area contributed by atoms with Crippen molar-refractivity contribution in [2.45, 2.75) is 20.0 Å². The van der Waals surface area contributed by atoms with E-state index in [2.05, 4.69) is 6.07 Å². The van der Waals surface area contributed by atoms with E-state index in [1.54, 1.807) is 18.3 Å². The van der Waals surface area contributed by atoms with Gasteiger partial charge in [0.15, 0.2) is 11.9 Å². The molecular weight excluding hydrogens is 354 g/mol. The summed E-state index contributed by atoms with van der Waals surface area (Å²) >= 11 is 1.62. The average molecular weight is 373 g/mol. The van der Waals surface area contributed by atoms with Gasteiger partial charge in [-0.2, -0.15) is 0 Å². The Balaban J connectivity index is 1.74. The van der Waals surface area contributed by atoms with Gasteiger partial charge in [-0.3, -0.25) is 4.79 Å². The molecule has 1 heterocycles. The Bertz CT molecular complexity index is 1080. The first-order chi connectivity index (χ1) is 13.1. The lowest BCUT2D eigenvalue weighted by molar-refractivity contribution is -0.123. The third-order valence-electron chi connectivity index (χ3n) is 4.37. The Morgan fingerprint density at radius 3 is 2.56 bits per heavy atom. The maximum Gasteiger partial charge on any atom is 0.181 e. The molecule has 0 saturated heterocycles. The molecule has 4 rings (SSSR count). The fourth-order valence-electron chi connectivity index (χ4n) is 3.08. The maximum absolute atomic E-state index is 12.3. The van der Waals surface area contributed by atoms with Crippen molar-refractivity contribution in [3.63, 3.8) is 0 Å². The van der Waals surface area contributed by atoms with E-state index >= 15 is 0 Å². The Labute approximate surface area is 162 Å². The molecule has 0 N–H and O–H groups in total. The highest BCUT2D eigenvalue weighted by atomic mass is 32.1. The van der Waals surface area contributed by atoms with Crippen LogP contribution >= 0.6 is 11.3 Å². The molecule has 0 amide bonds. The van der Waals surface area contributed by atoms with Crippen LogP contribution in [0.1, 0.15) is 24.2 Å². The zero-order chi connectivity index (χ0) is 18.8. The fraction of sp³-hybridized carbons (Fsp3) is 0.130. The van der Waals surface area contributed by atoms with Crippen LogP contribution in [0, 0.1) is 6.92 Å². The van der Waals surface area contributed by atoms with E-state index in [-0.39, 0.29) is 5.78 Å². The number of rotatable bonds is 5. The number of aryl methyl sites for hydroxylation is 1. The Hall–Kier alpha value is -2.98. The third-order valence-corrected chi connectivity index (χ3v) is 5.44. The van der Waals surface area contributed by atoms with Crippen LogP contribution in [-0.2, 0) is 4.79 Å². The van der Waals surface area contributed by atoms with Gasteiger partial charge >= 0.3 is 0 Å². The van der Waals surface area contributed by atoms with Crippen LogP contribution < -0.4 is 4.74 Å². The number of Topliss-reactive ketones (excluding diaryl/α,β-unsaturated/α-hetero) is 1. The Morgan fingerprint density at radius 2 is 1.78 bits per heavy atom. The van der Waals surface area contributed by atoms with Gasteiger partial charge in [-0.1, -0.05) is 54.1 Å². The van der Waals surface area contributed by atoms with Gasteiger partial charge in [-0.05, 0) is 38.1 Å². The Morgan fingerprint density at radius 1 is 1.00 bits per heavy atom. The van der Waals surface area contributed by atoms with Crippen LogP contribution in [0.5, 0.6) is 5.75 Å². The van der Waals surface area contributed by atoms with Crippen LogP contribution in [0.25, 0.3) is 20.8 Å². The molecule has 1 unspecified atom stereocenters. The zero-order valence-corrected chi connectivity index (χ0v) is 16.0. The standard InChI is InChI=1S/C23H19NO2S/c1-15-8-7-9-17(14-15)22(16(2)25)26-20-12-5-3-10-18(20)23-24-19-11-4-6-13-21(19)27-23/h3-14,22H,1-2H3. The van der Waals surface area contributed by atoms with Crippen LogP contribution in [0.2, 0.25) is 0 Å². The second kappa shape index (κ2) is 7.33. The third kappa shape index (κ3) is 3.62. The molecule has 3 nitrogen and oxygen atoms in total. The molecule has 134 valence electrons. The predicted octanol–water partition coefficient (Wildman–Crippen LogP) is 5.98. The summed E-state index contributed by atoms with van der Waals surface area (Å²) in [6, 6.07) is 23.7. The number of thiazole rings is 1. The second-order valence-electron chi connectivity index (χ2n) is 6.51. The highest BCUT2D eigenvalue weighted by molar-refractivity contribution is 7.21. The number of ketones is 1. The van der Waals surface area contributed by atoms with Gasteiger partial charge in [0.25, 0.3) is 0 Å². The van der Waals surface area contributed by atoms with E-state index in [9.17, 15) is 4.79 Å². The summed E-state index contributed by atoms with van der Waals surface area (Å²) in [7, 11) is 0. The van der Waals surface area contributed by atoms with Crippen molar-refractivity contribution in [3.8, 4) is 16.3 Å². The van der Waals surface area contributed by atoms with Gasteiger partial charge in [-0.15, -0.1) is 11.3 Å². The molecule has 27 heavy (non-hydrogen) atoms. The summed E-state index contributed by atoms with van der Waals surface area (Å²) in [4.78, 5) is 17.0. The number of benzene rings is 3. The van der Waals surface area contributed by atoms with Crippen molar-refractivity contribution in [3.05, 3.63) is 83.9 Å². The number of nitrogens with zero attached hydrogens (tertiary/aromatic N) is 1. The molecule has 1 aromatic heterocycles. The molecule has 4 heteroatoms. The normalized spacial score (nSPS) is 12.1. The van der Waals surface area contributed by atoms with Crippen LogP contribution in [-0.4, -0.2) is 10.8 Å². The highest BCUT2D eigenvalue weighted by Gasteiger charge is 2.21. The molecule has 0 fully saturated rings. The minimum atomic E-state index is -0.638. The van der Waals surface area contributed by atoms with Gasteiger partial charge in [0.2, 0.25) is 0 Å². The molecule has 1 atom stereocenters. The molecule has 0 spiro atoms. The molecule has 3 aromatic carbocycles. The number of hydrogen-bond acceptors (Lipinski definition) is 4. The molecule has 0 aliphatic carbocycles. The topological polar surface area (TPSA) is 39.2 Å². The first-order valence-electron chi connectivity index (χ1n) is 8.80. The van der Waals surface area contributed by atoms with Gasteiger partial charge < -0.3 is 4.74 Å². The first-order valence-corrected chi connectivity index (χ1v) is 9.62. The zero-order valence-electron chi connectivity index (χ0n) is 15.2. The van der Waals surface area contributed by atoms with Crippen LogP contribution in [0.4, 0.5) is 0 Å². The van der Waals surface area contributed by atoms with E-state index in [0.717, 1.165) is 31.9 Å². The minimum absolute atomic E-state index is 0.0281. The number of hydrogen-bond donors (Lipinski definition) is 0. The van der Waals surface area contributed by atoms with Crippen molar-refractivity contribution >= 4 is 27.3 Å². The molecule has 0 bridgehead atoms. The smallest absolute Gasteiger partial charge is 0.181 e. The lowest BCUT2D eigenvalue weighted by Crippen LogP contribution is -2.16. The number of aromatic nitrogens is 1. The molecular formula is C23H19NO2S. The number of fused-ring (bicyclic) bond motifs is 1. The van der Waals surface area contributed by atoms with Gasteiger partial charge in [0, 0.05) is 5.56 Å². The predicted molar refractivity (Wildman–Crippen MR) is 110 cm³/mol. The molecule has 4 aromatic rings.